The van der Waals surface area contributed by atoms with Crippen LogP contribution in [0.1, 0.15) is 38.0 Å². The molecule has 0 fully saturated rings. The molecule has 0 aliphatic heterocycles. The summed E-state index contributed by atoms with van der Waals surface area (Å²) in [6, 6.07) is 12.4. The number of esters is 1. The van der Waals surface area contributed by atoms with Crippen molar-refractivity contribution in [3.63, 3.8) is 0 Å². The number of carbonyl (C=O) groups is 3. The Hall–Kier alpha value is -3.15. The fourth-order valence-electron chi connectivity index (χ4n) is 1.98. The van der Waals surface area contributed by atoms with Crippen molar-refractivity contribution in [3.05, 3.63) is 65.2 Å². The first-order valence-corrected chi connectivity index (χ1v) is 6.93. The molecule has 0 heterocycles. The van der Waals surface area contributed by atoms with Gasteiger partial charge in [0.25, 0.3) is 5.91 Å². The number of benzene rings is 2. The summed E-state index contributed by atoms with van der Waals surface area (Å²) in [6.45, 7) is 1.84. The minimum absolute atomic E-state index is 0.105. The summed E-state index contributed by atoms with van der Waals surface area (Å²) in [7, 11) is 0. The number of nitrogens with one attached hydrogen (secondary N) is 1. The molecule has 2 aromatic rings. The van der Waals surface area contributed by atoms with E-state index in [1.807, 2.05) is 0 Å². The number of carbonyl (C=O) groups excluding carboxylic acids is 2. The third-order valence-corrected chi connectivity index (χ3v) is 3.04. The maximum atomic E-state index is 12.3. The third-order valence-electron chi connectivity index (χ3n) is 3.04. The molecule has 2 N–H and O–H groups in total. The van der Waals surface area contributed by atoms with Gasteiger partial charge in [-0.2, -0.15) is 0 Å². The second-order valence-electron chi connectivity index (χ2n) is 4.61. The fourth-order valence-corrected chi connectivity index (χ4v) is 1.98. The molecule has 23 heavy (non-hydrogen) atoms. The quantitative estimate of drug-likeness (QED) is 0.828. The number of hydrogen-bond donors (Lipinski definition) is 2. The highest BCUT2D eigenvalue weighted by Crippen LogP contribution is 2.16. The highest BCUT2D eigenvalue weighted by molar-refractivity contribution is 6.11. The summed E-state index contributed by atoms with van der Waals surface area (Å²) in [5, 5.41) is 11.8. The van der Waals surface area contributed by atoms with Crippen LogP contribution in [0.3, 0.4) is 0 Å². The van der Waals surface area contributed by atoms with Crippen LogP contribution in [0.4, 0.5) is 5.69 Å². The van der Waals surface area contributed by atoms with Crippen LogP contribution in [-0.4, -0.2) is 29.6 Å². The van der Waals surface area contributed by atoms with Gasteiger partial charge in [0.05, 0.1) is 23.3 Å². The van der Waals surface area contributed by atoms with E-state index >= 15 is 0 Å². The van der Waals surface area contributed by atoms with Gasteiger partial charge in [0.1, 0.15) is 0 Å². The first-order chi connectivity index (χ1) is 11.0. The Balaban J connectivity index is 2.37. The SMILES string of the molecule is CCOC(=O)c1ccc(C(=O)O)c(C(=O)Nc2ccccc2)c1. The first kappa shape index (κ1) is 16.2. The van der Waals surface area contributed by atoms with Crippen molar-refractivity contribution in [1.29, 1.82) is 0 Å². The summed E-state index contributed by atoms with van der Waals surface area (Å²) in [5.41, 5.74) is 0.351. The molecule has 0 bridgehead atoms. The number of rotatable bonds is 5. The van der Waals surface area contributed by atoms with Crippen LogP contribution in [0.5, 0.6) is 0 Å². The predicted molar refractivity (Wildman–Crippen MR) is 83.8 cm³/mol. The number of hydrogen-bond acceptors (Lipinski definition) is 4. The average molecular weight is 313 g/mol. The molecule has 1 amide bonds. The van der Waals surface area contributed by atoms with Gasteiger partial charge < -0.3 is 15.2 Å². The van der Waals surface area contributed by atoms with Crippen molar-refractivity contribution in [2.24, 2.45) is 0 Å². The lowest BCUT2D eigenvalue weighted by Gasteiger charge is -2.10. The second kappa shape index (κ2) is 7.22. The Bertz CT molecular complexity index is 740. The van der Waals surface area contributed by atoms with Gasteiger partial charge in [0.15, 0.2) is 0 Å². The van der Waals surface area contributed by atoms with E-state index < -0.39 is 17.8 Å². The smallest absolute Gasteiger partial charge is 0.338 e. The Morgan fingerprint density at radius 1 is 1.04 bits per heavy atom. The molecule has 0 unspecified atom stereocenters. The van der Waals surface area contributed by atoms with E-state index in [2.05, 4.69) is 5.32 Å². The molecule has 6 heteroatoms. The average Bonchev–Trinajstić information content (AvgIpc) is 2.55. The van der Waals surface area contributed by atoms with Gasteiger partial charge in [-0.05, 0) is 37.3 Å². The van der Waals surface area contributed by atoms with E-state index in [1.165, 1.54) is 18.2 Å². The van der Waals surface area contributed by atoms with Gasteiger partial charge in [0, 0.05) is 5.69 Å². The lowest BCUT2D eigenvalue weighted by Crippen LogP contribution is -2.18. The Kier molecular flexibility index (Phi) is 5.09. The Morgan fingerprint density at radius 2 is 1.74 bits per heavy atom. The first-order valence-electron chi connectivity index (χ1n) is 6.93. The van der Waals surface area contributed by atoms with Gasteiger partial charge in [-0.1, -0.05) is 18.2 Å². The van der Waals surface area contributed by atoms with Crippen LogP contribution in [0.15, 0.2) is 48.5 Å². The molecule has 0 saturated carbocycles. The van der Waals surface area contributed by atoms with Crippen molar-refractivity contribution < 1.29 is 24.2 Å². The molecule has 0 atom stereocenters. The van der Waals surface area contributed by atoms with E-state index in [9.17, 15) is 19.5 Å². The summed E-state index contributed by atoms with van der Waals surface area (Å²) < 4.78 is 4.86. The number of aromatic carboxylic acids is 1. The number of amides is 1. The van der Waals surface area contributed by atoms with Crippen LogP contribution in [0.2, 0.25) is 0 Å². The molecule has 2 rings (SSSR count). The topological polar surface area (TPSA) is 92.7 Å². The molecule has 0 aliphatic carbocycles. The molecule has 0 aliphatic rings. The van der Waals surface area contributed by atoms with E-state index in [4.69, 9.17) is 4.74 Å². The normalized spacial score (nSPS) is 9.96. The van der Waals surface area contributed by atoms with Gasteiger partial charge in [-0.25, -0.2) is 9.59 Å². The number of ether oxygens (including phenoxy) is 1. The Labute approximate surface area is 132 Å². The number of carboxylic acids is 1. The maximum Gasteiger partial charge on any atom is 0.338 e. The van der Waals surface area contributed by atoms with Crippen molar-refractivity contribution >= 4 is 23.5 Å². The standard InChI is InChI=1S/C17H15NO5/c1-2-23-17(22)11-8-9-13(16(20)21)14(10-11)15(19)18-12-6-4-3-5-7-12/h3-10H,2H2,1H3,(H,18,19)(H,20,21). The molecule has 0 aromatic heterocycles. The zero-order valence-electron chi connectivity index (χ0n) is 12.4. The van der Waals surface area contributed by atoms with Gasteiger partial charge in [-0.15, -0.1) is 0 Å². The molecular formula is C17H15NO5. The number of carboxylic acid groups (broad SMARTS) is 1. The van der Waals surface area contributed by atoms with Crippen LogP contribution in [0.25, 0.3) is 0 Å². The number of para-hydroxylation sites is 1. The molecular weight excluding hydrogens is 298 g/mol. The van der Waals surface area contributed by atoms with E-state index in [0.29, 0.717) is 5.69 Å². The van der Waals surface area contributed by atoms with Gasteiger partial charge in [-0.3, -0.25) is 4.79 Å². The lowest BCUT2D eigenvalue weighted by atomic mass is 10.0. The monoisotopic (exact) mass is 313 g/mol. The highest BCUT2D eigenvalue weighted by atomic mass is 16.5. The fraction of sp³-hybridized carbons (Fsp3) is 0.118. The molecule has 0 saturated heterocycles. The van der Waals surface area contributed by atoms with Crippen LogP contribution in [0, 0.1) is 0 Å². The van der Waals surface area contributed by atoms with Crippen LogP contribution in [-0.2, 0) is 4.74 Å². The summed E-state index contributed by atoms with van der Waals surface area (Å²) in [6.07, 6.45) is 0. The molecule has 0 radical (unpaired) electrons. The second-order valence-corrected chi connectivity index (χ2v) is 4.61. The summed E-state index contributed by atoms with van der Waals surface area (Å²) in [4.78, 5) is 35.4. The van der Waals surface area contributed by atoms with E-state index in [-0.39, 0.29) is 23.3 Å². The molecule has 0 spiro atoms. The van der Waals surface area contributed by atoms with E-state index in [0.717, 1.165) is 0 Å². The zero-order valence-corrected chi connectivity index (χ0v) is 12.4. The van der Waals surface area contributed by atoms with Crippen molar-refractivity contribution in [1.82, 2.24) is 0 Å². The third kappa shape index (κ3) is 3.94. The summed E-state index contributed by atoms with van der Waals surface area (Å²) >= 11 is 0. The molecule has 118 valence electrons. The van der Waals surface area contributed by atoms with Crippen molar-refractivity contribution in [2.75, 3.05) is 11.9 Å². The van der Waals surface area contributed by atoms with Crippen LogP contribution >= 0.6 is 0 Å². The highest BCUT2D eigenvalue weighted by Gasteiger charge is 2.19. The molecule has 2 aromatic carbocycles. The Morgan fingerprint density at radius 3 is 2.35 bits per heavy atom. The van der Waals surface area contributed by atoms with E-state index in [1.54, 1.807) is 37.3 Å². The molecule has 6 nitrogen and oxygen atoms in total. The largest absolute Gasteiger partial charge is 0.478 e. The van der Waals surface area contributed by atoms with Crippen LogP contribution < -0.4 is 5.32 Å². The predicted octanol–water partition coefficient (Wildman–Crippen LogP) is 2.81. The maximum absolute atomic E-state index is 12.3. The lowest BCUT2D eigenvalue weighted by molar-refractivity contribution is 0.0525. The zero-order chi connectivity index (χ0) is 16.8. The summed E-state index contributed by atoms with van der Waals surface area (Å²) in [5.74, 6) is -2.48. The van der Waals surface area contributed by atoms with Crippen molar-refractivity contribution in [2.45, 2.75) is 6.92 Å². The van der Waals surface area contributed by atoms with Gasteiger partial charge >= 0.3 is 11.9 Å². The van der Waals surface area contributed by atoms with Crippen molar-refractivity contribution in [3.8, 4) is 0 Å². The number of anilines is 1. The van der Waals surface area contributed by atoms with Gasteiger partial charge in [0.2, 0.25) is 0 Å². The minimum atomic E-state index is -1.25. The minimum Gasteiger partial charge on any atom is -0.478 e.